The number of primary amides is 1. The Morgan fingerprint density at radius 3 is 2.45 bits per heavy atom. The monoisotopic (exact) mass is 306 g/mol. The van der Waals surface area contributed by atoms with Crippen LogP contribution < -0.4 is 11.2 Å². The fraction of sp³-hybridized carbons (Fsp3) is 0.0667. The van der Waals surface area contributed by atoms with Gasteiger partial charge in [-0.25, -0.2) is 13.2 Å². The van der Waals surface area contributed by atoms with Crippen LogP contribution in [0.1, 0.15) is 15.9 Å². The van der Waals surface area contributed by atoms with Gasteiger partial charge in [-0.3, -0.25) is 9.59 Å². The first-order chi connectivity index (χ1) is 10.3. The summed E-state index contributed by atoms with van der Waals surface area (Å²) in [5, 5.41) is -0.626. The summed E-state index contributed by atoms with van der Waals surface area (Å²) in [6.45, 7) is 1.72. The number of nitrogens with two attached hydrogens (primary N) is 1. The van der Waals surface area contributed by atoms with E-state index in [1.54, 1.807) is 13.0 Å². The molecule has 7 heteroatoms. The third-order valence-electron chi connectivity index (χ3n) is 3.47. The van der Waals surface area contributed by atoms with Crippen molar-refractivity contribution in [2.75, 3.05) is 0 Å². The number of carbonyl (C=O) groups is 1. The maximum atomic E-state index is 14.3. The van der Waals surface area contributed by atoms with Crippen molar-refractivity contribution in [3.63, 3.8) is 0 Å². The number of aromatic amines is 1. The lowest BCUT2D eigenvalue weighted by molar-refractivity contribution is 0.0991. The first kappa shape index (κ1) is 14.1. The maximum absolute atomic E-state index is 14.3. The second kappa shape index (κ2) is 4.59. The fourth-order valence-electron chi connectivity index (χ4n) is 2.43. The summed E-state index contributed by atoms with van der Waals surface area (Å²) < 4.78 is 42.2. The van der Waals surface area contributed by atoms with Gasteiger partial charge in [0.05, 0.1) is 10.9 Å². The van der Waals surface area contributed by atoms with Crippen LogP contribution in [0.3, 0.4) is 0 Å². The molecule has 0 bridgehead atoms. The van der Waals surface area contributed by atoms with Gasteiger partial charge >= 0.3 is 0 Å². The van der Waals surface area contributed by atoms with E-state index in [1.807, 2.05) is 0 Å². The molecule has 0 atom stereocenters. The summed E-state index contributed by atoms with van der Waals surface area (Å²) in [6, 6.07) is 4.65. The zero-order valence-electron chi connectivity index (χ0n) is 11.3. The molecule has 1 amide bonds. The van der Waals surface area contributed by atoms with E-state index in [1.165, 1.54) is 12.1 Å². The third kappa shape index (κ3) is 1.78. The summed E-state index contributed by atoms with van der Waals surface area (Å²) in [5.41, 5.74) is 3.08. The molecular formula is C15H9F3N2O2. The number of aryl methyl sites for hydroxylation is 1. The molecule has 112 valence electrons. The van der Waals surface area contributed by atoms with Crippen LogP contribution in [-0.2, 0) is 0 Å². The summed E-state index contributed by atoms with van der Waals surface area (Å²) in [6.07, 6.45) is 0. The van der Waals surface area contributed by atoms with Gasteiger partial charge in [0.25, 0.3) is 5.91 Å². The van der Waals surface area contributed by atoms with Crippen LogP contribution in [-0.4, -0.2) is 10.9 Å². The second-order valence-corrected chi connectivity index (χ2v) is 4.93. The Hall–Kier alpha value is -2.83. The Bertz CT molecular complexity index is 1030. The Morgan fingerprint density at radius 2 is 1.82 bits per heavy atom. The molecular weight excluding hydrogens is 297 g/mol. The van der Waals surface area contributed by atoms with Gasteiger partial charge < -0.3 is 10.7 Å². The zero-order chi connectivity index (χ0) is 16.2. The van der Waals surface area contributed by atoms with Gasteiger partial charge in [0.1, 0.15) is 5.56 Å². The van der Waals surface area contributed by atoms with Gasteiger partial charge in [0.15, 0.2) is 22.9 Å². The van der Waals surface area contributed by atoms with Crippen LogP contribution in [0, 0.1) is 24.4 Å². The summed E-state index contributed by atoms with van der Waals surface area (Å²) in [4.78, 5) is 26.0. The van der Waals surface area contributed by atoms with Crippen molar-refractivity contribution in [3.05, 3.63) is 57.0 Å². The average Bonchev–Trinajstić information content (AvgIpc) is 2.45. The van der Waals surface area contributed by atoms with Crippen LogP contribution in [0.2, 0.25) is 0 Å². The zero-order valence-corrected chi connectivity index (χ0v) is 11.3. The molecule has 3 rings (SSSR count). The van der Waals surface area contributed by atoms with Crippen molar-refractivity contribution in [3.8, 4) is 0 Å². The first-order valence-electron chi connectivity index (χ1n) is 6.25. The Kier molecular flexibility index (Phi) is 2.94. The number of H-pyrrole nitrogens is 1. The van der Waals surface area contributed by atoms with Crippen molar-refractivity contribution >= 4 is 27.7 Å². The topological polar surface area (TPSA) is 76.0 Å². The molecule has 0 aliphatic rings. The predicted octanol–water partition coefficient (Wildman–Crippen LogP) is 2.51. The molecule has 3 aromatic rings. The van der Waals surface area contributed by atoms with Crippen molar-refractivity contribution in [1.29, 1.82) is 0 Å². The third-order valence-corrected chi connectivity index (χ3v) is 3.47. The molecule has 0 spiro atoms. The normalized spacial score (nSPS) is 11.3. The quantitative estimate of drug-likeness (QED) is 0.535. The highest BCUT2D eigenvalue weighted by molar-refractivity contribution is 6.00. The minimum absolute atomic E-state index is 0.104. The van der Waals surface area contributed by atoms with Gasteiger partial charge in [-0.1, -0.05) is 11.6 Å². The SMILES string of the molecule is Cc1ccc2[nH]c3c(F)c(F)c(C(N)=O)c(F)c3c(=O)c2c1. The lowest BCUT2D eigenvalue weighted by Gasteiger charge is -2.09. The molecule has 0 saturated heterocycles. The molecule has 0 aliphatic carbocycles. The minimum atomic E-state index is -1.72. The van der Waals surface area contributed by atoms with Gasteiger partial charge in [-0.15, -0.1) is 0 Å². The minimum Gasteiger partial charge on any atom is -0.365 e. The van der Waals surface area contributed by atoms with Gasteiger partial charge in [0, 0.05) is 10.9 Å². The summed E-state index contributed by atoms with van der Waals surface area (Å²) >= 11 is 0. The second-order valence-electron chi connectivity index (χ2n) is 4.93. The van der Waals surface area contributed by atoms with E-state index in [0.29, 0.717) is 0 Å². The molecule has 0 radical (unpaired) electrons. The Labute approximate surface area is 121 Å². The molecule has 2 aromatic carbocycles. The van der Waals surface area contributed by atoms with E-state index < -0.39 is 45.3 Å². The maximum Gasteiger partial charge on any atom is 0.254 e. The molecule has 0 aliphatic heterocycles. The van der Waals surface area contributed by atoms with Gasteiger partial charge in [0.2, 0.25) is 0 Å². The Morgan fingerprint density at radius 1 is 1.14 bits per heavy atom. The molecule has 0 unspecified atom stereocenters. The van der Waals surface area contributed by atoms with Crippen LogP contribution in [0.4, 0.5) is 13.2 Å². The molecule has 3 N–H and O–H groups in total. The van der Waals surface area contributed by atoms with E-state index in [9.17, 15) is 22.8 Å². The standard InChI is InChI=1S/C15H9F3N2O2/c1-5-2-3-7-6(4-5)14(21)9-10(16)8(15(19)22)11(17)12(18)13(9)20-7/h2-4H,1H3,(H2,19,22)(H,20,21). The number of hydrogen-bond acceptors (Lipinski definition) is 2. The van der Waals surface area contributed by atoms with Crippen LogP contribution in [0.25, 0.3) is 21.8 Å². The lowest BCUT2D eigenvalue weighted by atomic mass is 10.0. The lowest BCUT2D eigenvalue weighted by Crippen LogP contribution is -2.20. The molecule has 4 nitrogen and oxygen atoms in total. The smallest absolute Gasteiger partial charge is 0.254 e. The number of nitrogens with one attached hydrogen (secondary N) is 1. The van der Waals surface area contributed by atoms with Crippen molar-refractivity contribution in [2.45, 2.75) is 6.92 Å². The number of carbonyl (C=O) groups excluding carboxylic acids is 1. The summed E-state index contributed by atoms with van der Waals surface area (Å²) in [7, 11) is 0. The highest BCUT2D eigenvalue weighted by Crippen LogP contribution is 2.26. The summed E-state index contributed by atoms with van der Waals surface area (Å²) in [5.74, 6) is -6.20. The number of fused-ring (bicyclic) bond motifs is 2. The average molecular weight is 306 g/mol. The van der Waals surface area contributed by atoms with Crippen molar-refractivity contribution in [2.24, 2.45) is 5.73 Å². The van der Waals surface area contributed by atoms with E-state index in [4.69, 9.17) is 5.73 Å². The largest absolute Gasteiger partial charge is 0.365 e. The van der Waals surface area contributed by atoms with Crippen LogP contribution >= 0.6 is 0 Å². The number of pyridine rings is 1. The molecule has 0 saturated carbocycles. The van der Waals surface area contributed by atoms with E-state index in [-0.39, 0.29) is 10.9 Å². The Balaban J connectivity index is 2.66. The molecule has 22 heavy (non-hydrogen) atoms. The first-order valence-corrected chi connectivity index (χ1v) is 6.25. The number of amides is 1. The molecule has 1 aromatic heterocycles. The number of benzene rings is 2. The van der Waals surface area contributed by atoms with Crippen LogP contribution in [0.15, 0.2) is 23.0 Å². The number of halogens is 3. The highest BCUT2D eigenvalue weighted by atomic mass is 19.2. The van der Waals surface area contributed by atoms with Gasteiger partial charge in [-0.2, -0.15) is 0 Å². The molecule has 0 fully saturated rings. The molecule has 1 heterocycles. The van der Waals surface area contributed by atoms with E-state index in [0.717, 1.165) is 5.56 Å². The fourth-order valence-corrected chi connectivity index (χ4v) is 2.43. The van der Waals surface area contributed by atoms with Crippen molar-refractivity contribution in [1.82, 2.24) is 4.98 Å². The van der Waals surface area contributed by atoms with Crippen molar-refractivity contribution < 1.29 is 18.0 Å². The number of aromatic nitrogens is 1. The highest BCUT2D eigenvalue weighted by Gasteiger charge is 2.26. The van der Waals surface area contributed by atoms with E-state index in [2.05, 4.69) is 4.98 Å². The predicted molar refractivity (Wildman–Crippen MR) is 75.2 cm³/mol. The van der Waals surface area contributed by atoms with Gasteiger partial charge in [-0.05, 0) is 19.1 Å². The number of rotatable bonds is 1. The van der Waals surface area contributed by atoms with Crippen LogP contribution in [0.5, 0.6) is 0 Å². The number of hydrogen-bond donors (Lipinski definition) is 2. The van der Waals surface area contributed by atoms with E-state index >= 15 is 0 Å².